The summed E-state index contributed by atoms with van der Waals surface area (Å²) in [5, 5.41) is 5.09. The topological polar surface area (TPSA) is 43.6 Å². The molecule has 3 aromatic heterocycles. The first-order valence-electron chi connectivity index (χ1n) is 16.7. The molecule has 0 saturated heterocycles. The Bertz CT molecular complexity index is 2810. The number of benzene rings is 7. The second kappa shape index (κ2) is 11.6. The van der Waals surface area contributed by atoms with E-state index in [9.17, 15) is 0 Å². The molecule has 0 unspecified atom stereocenters. The van der Waals surface area contributed by atoms with E-state index in [-0.39, 0.29) is 0 Å². The normalized spacial score (nSPS) is 11.6. The van der Waals surface area contributed by atoms with Gasteiger partial charge in [0.25, 0.3) is 0 Å². The number of hydrogen-bond acceptors (Lipinski definition) is 4. The molecule has 10 rings (SSSR count). The number of aromatic nitrogens is 4. The molecule has 0 aliphatic heterocycles. The van der Waals surface area contributed by atoms with Crippen LogP contribution >= 0.6 is 11.3 Å². The third-order valence-corrected chi connectivity index (χ3v) is 10.6. The van der Waals surface area contributed by atoms with Gasteiger partial charge in [0.05, 0.1) is 16.7 Å². The lowest BCUT2D eigenvalue weighted by Crippen LogP contribution is -2.00. The predicted molar refractivity (Wildman–Crippen MR) is 209 cm³/mol. The van der Waals surface area contributed by atoms with E-state index in [1.54, 1.807) is 0 Å². The standard InChI is InChI=1S/C45H28N4S/c1-3-14-29(15-4-1)43-46-44(30-16-5-2-6-17-30)48-45(47-43)32-19-13-18-31(28-32)33-20-7-10-23-37(33)49-38-24-11-8-21-34(38)35-26-27-40-41(42(35)49)36-22-9-12-25-39(36)50-40/h1-28H. The Morgan fingerprint density at radius 3 is 1.74 bits per heavy atom. The number of para-hydroxylation sites is 2. The van der Waals surface area contributed by atoms with Crippen LogP contribution in [0.15, 0.2) is 170 Å². The Morgan fingerprint density at radius 1 is 0.400 bits per heavy atom. The molecule has 0 fully saturated rings. The quantitative estimate of drug-likeness (QED) is 0.185. The van der Waals surface area contributed by atoms with Gasteiger partial charge in [0.1, 0.15) is 0 Å². The van der Waals surface area contributed by atoms with E-state index in [0.29, 0.717) is 17.5 Å². The highest BCUT2D eigenvalue weighted by molar-refractivity contribution is 7.26. The minimum atomic E-state index is 0.639. The highest BCUT2D eigenvalue weighted by Crippen LogP contribution is 2.44. The Morgan fingerprint density at radius 2 is 0.980 bits per heavy atom. The Balaban J connectivity index is 1.20. The minimum absolute atomic E-state index is 0.639. The molecular weight excluding hydrogens is 629 g/mol. The molecule has 0 bridgehead atoms. The minimum Gasteiger partial charge on any atom is -0.308 e. The fourth-order valence-electron chi connectivity index (χ4n) is 7.19. The molecule has 0 aliphatic rings. The van der Waals surface area contributed by atoms with Crippen LogP contribution in [-0.4, -0.2) is 19.5 Å². The van der Waals surface area contributed by atoms with Crippen molar-refractivity contribution in [3.8, 4) is 51.0 Å². The highest BCUT2D eigenvalue weighted by atomic mass is 32.1. The van der Waals surface area contributed by atoms with Crippen LogP contribution in [0.4, 0.5) is 0 Å². The summed E-state index contributed by atoms with van der Waals surface area (Å²) < 4.78 is 5.06. The van der Waals surface area contributed by atoms with Gasteiger partial charge in [0, 0.05) is 53.2 Å². The summed E-state index contributed by atoms with van der Waals surface area (Å²) in [5.41, 5.74) is 8.62. The van der Waals surface area contributed by atoms with Crippen LogP contribution in [0.2, 0.25) is 0 Å². The second-order valence-electron chi connectivity index (χ2n) is 12.4. The summed E-state index contributed by atoms with van der Waals surface area (Å²) in [6, 6.07) is 59.7. The maximum Gasteiger partial charge on any atom is 0.164 e. The first-order valence-corrected chi connectivity index (χ1v) is 17.5. The molecule has 0 amide bonds. The van der Waals surface area contributed by atoms with Crippen molar-refractivity contribution in [2.75, 3.05) is 0 Å². The van der Waals surface area contributed by atoms with Crippen molar-refractivity contribution in [2.45, 2.75) is 0 Å². The smallest absolute Gasteiger partial charge is 0.164 e. The van der Waals surface area contributed by atoms with Crippen molar-refractivity contribution >= 4 is 53.3 Å². The van der Waals surface area contributed by atoms with Gasteiger partial charge >= 0.3 is 0 Å². The molecular formula is C45H28N4S. The van der Waals surface area contributed by atoms with Gasteiger partial charge in [-0.1, -0.05) is 140 Å². The van der Waals surface area contributed by atoms with Gasteiger partial charge in [-0.3, -0.25) is 0 Å². The maximum atomic E-state index is 5.02. The molecule has 0 radical (unpaired) electrons. The second-order valence-corrected chi connectivity index (χ2v) is 13.5. The van der Waals surface area contributed by atoms with Gasteiger partial charge in [0.15, 0.2) is 17.5 Å². The lowest BCUT2D eigenvalue weighted by atomic mass is 10.0. The molecule has 4 nitrogen and oxygen atoms in total. The highest BCUT2D eigenvalue weighted by Gasteiger charge is 2.20. The van der Waals surface area contributed by atoms with Gasteiger partial charge in [0.2, 0.25) is 0 Å². The number of hydrogen-bond donors (Lipinski definition) is 0. The first-order chi connectivity index (χ1) is 24.8. The van der Waals surface area contributed by atoms with Gasteiger partial charge < -0.3 is 4.57 Å². The molecule has 5 heteroatoms. The van der Waals surface area contributed by atoms with E-state index in [4.69, 9.17) is 15.0 Å². The van der Waals surface area contributed by atoms with Crippen molar-refractivity contribution < 1.29 is 0 Å². The summed E-state index contributed by atoms with van der Waals surface area (Å²) in [6.45, 7) is 0. The Labute approximate surface area is 292 Å². The van der Waals surface area contributed by atoms with E-state index >= 15 is 0 Å². The van der Waals surface area contributed by atoms with E-state index in [1.165, 1.54) is 42.0 Å². The van der Waals surface area contributed by atoms with Crippen LogP contribution in [-0.2, 0) is 0 Å². The van der Waals surface area contributed by atoms with Crippen molar-refractivity contribution in [1.82, 2.24) is 19.5 Å². The number of thiophene rings is 1. The monoisotopic (exact) mass is 656 g/mol. The summed E-state index contributed by atoms with van der Waals surface area (Å²) in [4.78, 5) is 14.9. The third kappa shape index (κ3) is 4.63. The van der Waals surface area contributed by atoms with Crippen molar-refractivity contribution in [2.24, 2.45) is 0 Å². The zero-order chi connectivity index (χ0) is 33.0. The molecule has 10 aromatic rings. The van der Waals surface area contributed by atoms with Gasteiger partial charge in [-0.25, -0.2) is 15.0 Å². The van der Waals surface area contributed by atoms with E-state index in [1.807, 2.05) is 72.0 Å². The predicted octanol–water partition coefficient (Wildman–Crippen LogP) is 12.0. The number of fused-ring (bicyclic) bond motifs is 7. The summed E-state index contributed by atoms with van der Waals surface area (Å²) in [5.74, 6) is 1.94. The summed E-state index contributed by atoms with van der Waals surface area (Å²) >= 11 is 1.86. The maximum absolute atomic E-state index is 5.02. The van der Waals surface area contributed by atoms with Gasteiger partial charge in [-0.05, 0) is 35.9 Å². The lowest BCUT2D eigenvalue weighted by Gasteiger charge is -2.15. The Kier molecular flexibility index (Phi) is 6.64. The molecule has 234 valence electrons. The molecule has 0 N–H and O–H groups in total. The van der Waals surface area contributed by atoms with E-state index < -0.39 is 0 Å². The molecule has 0 aliphatic carbocycles. The van der Waals surface area contributed by atoms with E-state index in [2.05, 4.69) is 114 Å². The lowest BCUT2D eigenvalue weighted by molar-refractivity contribution is 1.07. The van der Waals surface area contributed by atoms with Crippen molar-refractivity contribution in [3.63, 3.8) is 0 Å². The zero-order valence-electron chi connectivity index (χ0n) is 26.9. The summed E-state index contributed by atoms with van der Waals surface area (Å²) in [7, 11) is 0. The number of nitrogens with zero attached hydrogens (tertiary/aromatic N) is 4. The molecule has 0 atom stereocenters. The molecule has 3 heterocycles. The van der Waals surface area contributed by atoms with Crippen LogP contribution in [0.5, 0.6) is 0 Å². The fraction of sp³-hybridized carbons (Fsp3) is 0. The van der Waals surface area contributed by atoms with Crippen molar-refractivity contribution in [1.29, 1.82) is 0 Å². The largest absolute Gasteiger partial charge is 0.308 e. The SMILES string of the molecule is c1ccc(-c2nc(-c3ccccc3)nc(-c3cccc(-c4ccccc4-n4c5ccccc5c5ccc6sc7ccccc7c6c54)c3)n2)cc1. The van der Waals surface area contributed by atoms with Crippen LogP contribution < -0.4 is 0 Å². The van der Waals surface area contributed by atoms with Gasteiger partial charge in [-0.2, -0.15) is 0 Å². The summed E-state index contributed by atoms with van der Waals surface area (Å²) in [6.07, 6.45) is 0. The third-order valence-electron chi connectivity index (χ3n) is 9.45. The van der Waals surface area contributed by atoms with Crippen LogP contribution in [0.25, 0.3) is 93.0 Å². The molecule has 50 heavy (non-hydrogen) atoms. The van der Waals surface area contributed by atoms with Crippen LogP contribution in [0, 0.1) is 0 Å². The molecule has 7 aromatic carbocycles. The first kappa shape index (κ1) is 28.6. The van der Waals surface area contributed by atoms with Crippen molar-refractivity contribution in [3.05, 3.63) is 170 Å². The van der Waals surface area contributed by atoms with Gasteiger partial charge in [-0.15, -0.1) is 11.3 Å². The zero-order valence-corrected chi connectivity index (χ0v) is 27.7. The molecule has 0 saturated carbocycles. The fourth-order valence-corrected chi connectivity index (χ4v) is 8.30. The average Bonchev–Trinajstić information content (AvgIpc) is 3.74. The van der Waals surface area contributed by atoms with E-state index in [0.717, 1.165) is 33.5 Å². The number of rotatable bonds is 5. The van der Waals surface area contributed by atoms with Crippen LogP contribution in [0.3, 0.4) is 0 Å². The molecule has 0 spiro atoms. The average molecular weight is 657 g/mol. The van der Waals surface area contributed by atoms with Crippen LogP contribution in [0.1, 0.15) is 0 Å². The Hall–Kier alpha value is -6.43.